The van der Waals surface area contributed by atoms with Crippen molar-refractivity contribution in [3.8, 4) is 0 Å². The Morgan fingerprint density at radius 1 is 0.955 bits per heavy atom. The maximum atomic E-state index is 11.1. The van der Waals surface area contributed by atoms with E-state index in [4.69, 9.17) is 25.2 Å². The number of hydrogen-bond donors (Lipinski definition) is 4. The monoisotopic (exact) mass is 319 g/mol. The third kappa shape index (κ3) is 4.40. The second-order valence-electron chi connectivity index (χ2n) is 5.05. The third-order valence-electron chi connectivity index (χ3n) is 3.59. The van der Waals surface area contributed by atoms with Crippen molar-refractivity contribution in [2.75, 3.05) is 19.7 Å². The van der Waals surface area contributed by atoms with Gasteiger partial charge < -0.3 is 25.2 Å². The first-order chi connectivity index (χ1) is 10.2. The molecule has 2 unspecified atom stereocenters. The molecule has 1 saturated carbocycles. The summed E-state index contributed by atoms with van der Waals surface area (Å²) >= 11 is 0. The van der Waals surface area contributed by atoms with E-state index in [1.54, 1.807) is 0 Å². The van der Waals surface area contributed by atoms with E-state index in [0.29, 0.717) is 6.42 Å². The van der Waals surface area contributed by atoms with Crippen molar-refractivity contribution in [2.45, 2.75) is 30.9 Å². The van der Waals surface area contributed by atoms with Crippen LogP contribution in [0.25, 0.3) is 0 Å². The van der Waals surface area contributed by atoms with Crippen molar-refractivity contribution in [1.82, 2.24) is 4.90 Å². The van der Waals surface area contributed by atoms with Gasteiger partial charge in [-0.1, -0.05) is 0 Å². The van der Waals surface area contributed by atoms with Crippen LogP contribution in [0, 0.1) is 0 Å². The number of hydrogen-bond acceptors (Lipinski definition) is 6. The summed E-state index contributed by atoms with van der Waals surface area (Å²) < 4.78 is 5.11. The quantitative estimate of drug-likeness (QED) is 0.390. The van der Waals surface area contributed by atoms with Crippen molar-refractivity contribution < 1.29 is 44.3 Å². The molecule has 0 spiro atoms. The van der Waals surface area contributed by atoms with Gasteiger partial charge in [-0.25, -0.2) is 4.79 Å². The molecule has 0 aromatic heterocycles. The van der Waals surface area contributed by atoms with Gasteiger partial charge in [-0.05, 0) is 12.8 Å². The van der Waals surface area contributed by atoms with Crippen LogP contribution < -0.4 is 0 Å². The highest BCUT2D eigenvalue weighted by Crippen LogP contribution is 2.43. The predicted molar refractivity (Wildman–Crippen MR) is 68.4 cm³/mol. The normalized spacial score (nSPS) is 23.8. The van der Waals surface area contributed by atoms with E-state index in [2.05, 4.69) is 0 Å². The molecule has 4 N–H and O–H groups in total. The maximum absolute atomic E-state index is 11.1. The summed E-state index contributed by atoms with van der Waals surface area (Å²) in [5.41, 5.74) is -1.34. The van der Waals surface area contributed by atoms with Gasteiger partial charge in [0.25, 0.3) is 0 Å². The van der Waals surface area contributed by atoms with Crippen LogP contribution in [-0.4, -0.2) is 80.5 Å². The molecule has 22 heavy (non-hydrogen) atoms. The number of carboxylic acids is 4. The SMILES string of the molecule is O=C(O)COC1CCC1(CC(=O)O)N(CC(=O)O)CC(=O)O. The minimum absolute atomic E-state index is 0.212. The molecular weight excluding hydrogens is 302 g/mol. The molecule has 10 heteroatoms. The number of carbonyl (C=O) groups is 4. The summed E-state index contributed by atoms with van der Waals surface area (Å²) in [7, 11) is 0. The minimum Gasteiger partial charge on any atom is -0.481 e. The van der Waals surface area contributed by atoms with Crippen molar-refractivity contribution >= 4 is 23.9 Å². The van der Waals surface area contributed by atoms with Crippen LogP contribution in [0.15, 0.2) is 0 Å². The van der Waals surface area contributed by atoms with E-state index in [0.717, 1.165) is 4.90 Å². The predicted octanol–water partition coefficient (Wildman–Crippen LogP) is -1.07. The molecule has 1 aliphatic rings. The molecule has 0 bridgehead atoms. The molecule has 0 saturated heterocycles. The highest BCUT2D eigenvalue weighted by Gasteiger charge is 2.54. The molecule has 0 radical (unpaired) electrons. The zero-order chi connectivity index (χ0) is 16.9. The fraction of sp³-hybridized carbons (Fsp3) is 0.667. The number of carboxylic acid groups (broad SMARTS) is 4. The summed E-state index contributed by atoms with van der Waals surface area (Å²) in [5.74, 6) is -5.12. The van der Waals surface area contributed by atoms with E-state index in [9.17, 15) is 19.2 Å². The van der Waals surface area contributed by atoms with Gasteiger partial charge in [-0.2, -0.15) is 0 Å². The number of rotatable bonds is 10. The number of ether oxygens (including phenoxy) is 1. The summed E-state index contributed by atoms with van der Waals surface area (Å²) in [4.78, 5) is 44.5. The first kappa shape index (κ1) is 17.9. The van der Waals surface area contributed by atoms with Crippen LogP contribution >= 0.6 is 0 Å². The van der Waals surface area contributed by atoms with Crippen molar-refractivity contribution in [3.63, 3.8) is 0 Å². The highest BCUT2D eigenvalue weighted by atomic mass is 16.5. The topological polar surface area (TPSA) is 162 Å². The average Bonchev–Trinajstić information content (AvgIpc) is 2.32. The van der Waals surface area contributed by atoms with Crippen molar-refractivity contribution in [2.24, 2.45) is 0 Å². The van der Waals surface area contributed by atoms with Gasteiger partial charge in [-0.3, -0.25) is 19.3 Å². The summed E-state index contributed by atoms with van der Waals surface area (Å²) in [6.45, 7) is -2.01. The molecule has 0 aliphatic heterocycles. The zero-order valence-corrected chi connectivity index (χ0v) is 11.6. The summed E-state index contributed by atoms with van der Waals surface area (Å²) in [5, 5.41) is 35.5. The maximum Gasteiger partial charge on any atom is 0.329 e. The second-order valence-corrected chi connectivity index (χ2v) is 5.05. The Morgan fingerprint density at radius 3 is 1.82 bits per heavy atom. The van der Waals surface area contributed by atoms with Crippen LogP contribution in [0.2, 0.25) is 0 Å². The smallest absolute Gasteiger partial charge is 0.329 e. The van der Waals surface area contributed by atoms with Crippen molar-refractivity contribution in [1.29, 1.82) is 0 Å². The van der Waals surface area contributed by atoms with Gasteiger partial charge in [0.05, 0.1) is 31.2 Å². The Bertz CT molecular complexity index is 461. The van der Waals surface area contributed by atoms with Crippen LogP contribution in [0.4, 0.5) is 0 Å². The Kier molecular flexibility index (Phi) is 5.83. The van der Waals surface area contributed by atoms with E-state index < -0.39 is 61.6 Å². The lowest BCUT2D eigenvalue weighted by molar-refractivity contribution is -0.179. The fourth-order valence-corrected chi connectivity index (χ4v) is 2.64. The molecule has 1 fully saturated rings. The van der Waals surface area contributed by atoms with E-state index >= 15 is 0 Å². The lowest BCUT2D eigenvalue weighted by Gasteiger charge is -2.53. The van der Waals surface area contributed by atoms with Gasteiger partial charge in [0.15, 0.2) is 0 Å². The number of nitrogens with zero attached hydrogens (tertiary/aromatic N) is 1. The number of aliphatic carboxylic acids is 4. The molecule has 124 valence electrons. The fourth-order valence-electron chi connectivity index (χ4n) is 2.64. The Balaban J connectivity index is 3.00. The zero-order valence-electron chi connectivity index (χ0n) is 11.6. The lowest BCUT2D eigenvalue weighted by atomic mass is 9.69. The molecule has 1 rings (SSSR count). The molecule has 0 heterocycles. The van der Waals surface area contributed by atoms with E-state index in [1.165, 1.54) is 0 Å². The second kappa shape index (κ2) is 7.18. The Labute approximate surface area is 124 Å². The summed E-state index contributed by atoms with van der Waals surface area (Å²) in [6.07, 6.45) is -0.837. The Hall–Kier alpha value is -2.20. The molecule has 0 amide bonds. The van der Waals surface area contributed by atoms with Gasteiger partial charge in [0, 0.05) is 0 Å². The van der Waals surface area contributed by atoms with Crippen LogP contribution in [0.5, 0.6) is 0 Å². The van der Waals surface area contributed by atoms with E-state index in [1.807, 2.05) is 0 Å². The molecule has 2 atom stereocenters. The van der Waals surface area contributed by atoms with Crippen molar-refractivity contribution in [3.05, 3.63) is 0 Å². The van der Waals surface area contributed by atoms with Gasteiger partial charge in [0.1, 0.15) is 6.61 Å². The average molecular weight is 319 g/mol. The van der Waals surface area contributed by atoms with Gasteiger partial charge >= 0.3 is 23.9 Å². The minimum atomic E-state index is -1.34. The largest absolute Gasteiger partial charge is 0.481 e. The molecule has 0 aromatic rings. The highest BCUT2D eigenvalue weighted by molar-refractivity contribution is 5.74. The molecule has 10 nitrogen and oxygen atoms in total. The first-order valence-electron chi connectivity index (χ1n) is 6.41. The van der Waals surface area contributed by atoms with Gasteiger partial charge in [0.2, 0.25) is 0 Å². The van der Waals surface area contributed by atoms with E-state index in [-0.39, 0.29) is 6.42 Å². The van der Waals surface area contributed by atoms with Crippen LogP contribution in [0.3, 0.4) is 0 Å². The van der Waals surface area contributed by atoms with Crippen LogP contribution in [0.1, 0.15) is 19.3 Å². The lowest BCUT2D eigenvalue weighted by Crippen LogP contribution is -2.66. The van der Waals surface area contributed by atoms with Gasteiger partial charge in [-0.15, -0.1) is 0 Å². The summed E-state index contributed by atoms with van der Waals surface area (Å²) in [6, 6.07) is 0. The standard InChI is InChI=1S/C12H17NO9/c14-8(15)3-12(2-1-7(12)22-6-11(20)21)13(4-9(16)17)5-10(18)19/h7H,1-6H2,(H,14,15)(H,16,17)(H,18,19)(H,20,21). The van der Waals surface area contributed by atoms with Crippen LogP contribution in [-0.2, 0) is 23.9 Å². The molecule has 1 aliphatic carbocycles. The third-order valence-corrected chi connectivity index (χ3v) is 3.59. The molecule has 0 aromatic carbocycles. The molecular formula is C12H17NO9. The first-order valence-corrected chi connectivity index (χ1v) is 6.41. The Morgan fingerprint density at radius 2 is 1.50 bits per heavy atom.